The molecule has 6 atom stereocenters. The number of piperidine rings is 1. The molecule has 4 aromatic carbocycles. The number of rotatable bonds is 17. The SMILES string of the molecule is CCc1c(F)ccc2cc(O)cc(-c3ncc4c(N5CC6CCC(C5)N6)nc(OCC5(CN6CCC7(CC6)CC(OCC(=O)N[C@H](C(=O)N6C[C@H](O)C[C@H]6C(=O)N[C@@H](C)c6ccc(-c8ccccc8Cl)cc6)C(C)(C)C)C7)CC5)nc4c3F)c12. The first-order chi connectivity index (χ1) is 40.2. The van der Waals surface area contributed by atoms with Crippen LogP contribution in [0.3, 0.4) is 0 Å². The number of nitrogens with zero attached hydrogens (tertiary/aromatic N) is 6. The summed E-state index contributed by atoms with van der Waals surface area (Å²) in [6.07, 6.45) is 8.82. The average molecular weight is 1170 g/mol. The number of aromatic hydroxyl groups is 1. The van der Waals surface area contributed by atoms with E-state index in [1.807, 2.05) is 83.1 Å². The van der Waals surface area contributed by atoms with Crippen LogP contribution in [0, 0.1) is 27.9 Å². The molecule has 6 fully saturated rings. The predicted octanol–water partition coefficient (Wildman–Crippen LogP) is 9.44. The van der Waals surface area contributed by atoms with Crippen molar-refractivity contribution < 1.29 is 42.9 Å². The number of nitrogens with one attached hydrogen (secondary N) is 3. The lowest BCUT2D eigenvalue weighted by Crippen LogP contribution is -2.58. The van der Waals surface area contributed by atoms with Crippen LogP contribution in [-0.4, -0.2) is 142 Å². The number of β-amino-alcohol motifs (C(OH)–C–C–N with tert-alkyl or cyclic N) is 1. The van der Waals surface area contributed by atoms with Crippen LogP contribution >= 0.6 is 11.6 Å². The molecule has 2 aromatic heterocycles. The molecule has 84 heavy (non-hydrogen) atoms. The van der Waals surface area contributed by atoms with E-state index in [0.717, 1.165) is 87.7 Å². The normalized spacial score (nSPS) is 22.7. The molecule has 6 aromatic rings. The van der Waals surface area contributed by atoms with Crippen molar-refractivity contribution in [1.82, 2.24) is 40.7 Å². The highest BCUT2D eigenvalue weighted by molar-refractivity contribution is 6.33. The van der Waals surface area contributed by atoms with E-state index in [0.29, 0.717) is 58.7 Å². The van der Waals surface area contributed by atoms with Crippen LogP contribution in [0.25, 0.3) is 44.1 Å². The smallest absolute Gasteiger partial charge is 0.319 e. The minimum atomic E-state index is -0.971. The Kier molecular flexibility index (Phi) is 15.9. The zero-order valence-corrected chi connectivity index (χ0v) is 49.3. The number of pyridine rings is 1. The number of benzene rings is 4. The van der Waals surface area contributed by atoms with E-state index in [-0.39, 0.29) is 89.1 Å². The Hall–Kier alpha value is -6.57. The van der Waals surface area contributed by atoms with Crippen molar-refractivity contribution in [3.8, 4) is 34.1 Å². The number of phenols is 1. The highest BCUT2D eigenvalue weighted by Gasteiger charge is 2.51. The largest absolute Gasteiger partial charge is 0.508 e. The van der Waals surface area contributed by atoms with Gasteiger partial charge in [0.05, 0.1) is 30.2 Å². The van der Waals surface area contributed by atoms with Gasteiger partial charge in [-0.05, 0) is 140 Å². The van der Waals surface area contributed by atoms with Gasteiger partial charge in [0.2, 0.25) is 17.7 Å². The number of fused-ring (bicyclic) bond motifs is 4. The first-order valence-electron chi connectivity index (χ1n) is 30.0. The highest BCUT2D eigenvalue weighted by Crippen LogP contribution is 2.53. The van der Waals surface area contributed by atoms with Crippen LogP contribution in [0.5, 0.6) is 11.8 Å². The maximum atomic E-state index is 17.3. The number of hydrogen-bond donors (Lipinski definition) is 5. The number of carbonyl (C=O) groups is 3. The van der Waals surface area contributed by atoms with Crippen molar-refractivity contribution in [3.05, 3.63) is 107 Å². The van der Waals surface area contributed by atoms with Crippen LogP contribution in [0.15, 0.2) is 79.0 Å². The van der Waals surface area contributed by atoms with Gasteiger partial charge in [0.25, 0.3) is 0 Å². The molecule has 12 rings (SSSR count). The molecular formula is C65H76ClF2N9O7. The Morgan fingerprint density at radius 1 is 0.917 bits per heavy atom. The Bertz CT molecular complexity index is 3480. The summed E-state index contributed by atoms with van der Waals surface area (Å²) in [5.41, 5.74) is 2.77. The molecular weight excluding hydrogens is 1090 g/mol. The average Bonchev–Trinajstić information content (AvgIpc) is 3.86. The first-order valence-corrected chi connectivity index (χ1v) is 30.3. The van der Waals surface area contributed by atoms with Crippen LogP contribution in [-0.2, 0) is 25.5 Å². The van der Waals surface area contributed by atoms with Gasteiger partial charge >= 0.3 is 6.01 Å². The molecule has 5 N–H and O–H groups in total. The number of carbonyl (C=O) groups excluding carboxylic acids is 3. The van der Waals surface area contributed by atoms with Gasteiger partial charge in [0, 0.05) is 72.4 Å². The number of aliphatic hydroxyl groups excluding tert-OH is 1. The summed E-state index contributed by atoms with van der Waals surface area (Å²) in [7, 11) is 0. The third-order valence-electron chi connectivity index (χ3n) is 18.9. The van der Waals surface area contributed by atoms with Gasteiger partial charge in [0.15, 0.2) is 5.82 Å². The lowest BCUT2D eigenvalue weighted by molar-refractivity contribution is -0.148. The number of amides is 3. The van der Waals surface area contributed by atoms with Crippen LogP contribution < -0.4 is 25.6 Å². The third-order valence-corrected chi connectivity index (χ3v) is 19.2. The second-order valence-electron chi connectivity index (χ2n) is 26.0. The lowest BCUT2D eigenvalue weighted by atomic mass is 9.61. The topological polar surface area (TPSA) is 195 Å². The summed E-state index contributed by atoms with van der Waals surface area (Å²) in [5.74, 6) is -1.83. The van der Waals surface area contributed by atoms with Crippen LogP contribution in [0.2, 0.25) is 5.02 Å². The molecule has 2 saturated carbocycles. The first kappa shape index (κ1) is 57.8. The van der Waals surface area contributed by atoms with E-state index in [1.165, 1.54) is 17.0 Å². The summed E-state index contributed by atoms with van der Waals surface area (Å²) in [6, 6.07) is 19.7. The molecule has 19 heteroatoms. The number of ether oxygens (including phenoxy) is 2. The summed E-state index contributed by atoms with van der Waals surface area (Å²) >= 11 is 6.43. The van der Waals surface area contributed by atoms with Crippen molar-refractivity contribution >= 4 is 56.8 Å². The van der Waals surface area contributed by atoms with Gasteiger partial charge < -0.3 is 50.3 Å². The Balaban J connectivity index is 0.641. The molecule has 2 unspecified atom stereocenters. The number of anilines is 1. The van der Waals surface area contributed by atoms with Gasteiger partial charge in [-0.2, -0.15) is 9.97 Å². The van der Waals surface area contributed by atoms with Gasteiger partial charge in [-0.3, -0.25) is 19.4 Å². The molecule has 3 amide bonds. The fourth-order valence-electron chi connectivity index (χ4n) is 13.9. The Morgan fingerprint density at radius 3 is 2.33 bits per heavy atom. The summed E-state index contributed by atoms with van der Waals surface area (Å²) in [4.78, 5) is 62.3. The summed E-state index contributed by atoms with van der Waals surface area (Å²) in [6.45, 7) is 13.5. The van der Waals surface area contributed by atoms with E-state index in [9.17, 15) is 24.6 Å². The minimum absolute atomic E-state index is 0.0261. The molecule has 0 radical (unpaired) electrons. The zero-order chi connectivity index (χ0) is 58.8. The van der Waals surface area contributed by atoms with Crippen molar-refractivity contribution in [2.45, 2.75) is 141 Å². The number of likely N-dealkylation sites (tertiary alicyclic amines) is 2. The predicted molar refractivity (Wildman–Crippen MR) is 319 cm³/mol. The molecule has 2 bridgehead atoms. The van der Waals surface area contributed by atoms with Crippen LogP contribution in [0.4, 0.5) is 14.6 Å². The number of aryl methyl sites for hydroxylation is 1. The maximum Gasteiger partial charge on any atom is 0.319 e. The minimum Gasteiger partial charge on any atom is -0.508 e. The standard InChI is InChI=1S/C65H76ClF2N9O7/c1-6-46-51(67)18-15-40-25-43(78)26-48(54(40)46)56-55(68)57-49(30-69-56)59(76-31-41-16-17-42(32-76)71-41)74-62(73-57)84-36-65(19-20-65)35-75-23-21-64(22-24-75)28-45(29-64)83-34-53(80)72-58(63(3,4)5)61(82)77-33-44(79)27-52(77)60(81)70-37(2)38-11-13-39(14-12-38)47-9-7-8-10-50(47)66/h7-15,18,25-26,30,37,41-42,44-45,52,58,71,78-79H,6,16-17,19-24,27-29,31-36H2,1-5H3,(H,70,81)(H,72,80)/t37-,41?,42?,44+,52-,58+/m0/s1. The number of halogens is 3. The fraction of sp³-hybridized carbons (Fsp3) is 0.508. The van der Waals surface area contributed by atoms with E-state index in [1.54, 1.807) is 18.3 Å². The van der Waals surface area contributed by atoms with E-state index >= 15 is 8.78 Å². The quantitative estimate of drug-likeness (QED) is 0.0580. The molecule has 6 heterocycles. The third kappa shape index (κ3) is 11.8. The Labute approximate surface area is 494 Å². The van der Waals surface area contributed by atoms with Gasteiger partial charge in [0.1, 0.15) is 47.3 Å². The molecule has 6 aliphatic rings. The molecule has 444 valence electrons. The molecule has 16 nitrogen and oxygen atoms in total. The van der Waals surface area contributed by atoms with Crippen molar-refractivity contribution in [1.29, 1.82) is 0 Å². The number of piperazine rings is 1. The number of hydrogen-bond acceptors (Lipinski definition) is 13. The van der Waals surface area contributed by atoms with Gasteiger partial charge in [-0.1, -0.05) is 87.8 Å². The second kappa shape index (κ2) is 23.0. The van der Waals surface area contributed by atoms with Crippen LogP contribution in [0.1, 0.15) is 110 Å². The zero-order valence-electron chi connectivity index (χ0n) is 48.5. The van der Waals surface area contributed by atoms with Crippen molar-refractivity contribution in [2.24, 2.45) is 16.2 Å². The van der Waals surface area contributed by atoms with Crippen molar-refractivity contribution in [2.75, 3.05) is 57.4 Å². The highest BCUT2D eigenvalue weighted by atomic mass is 35.5. The van der Waals surface area contributed by atoms with E-state index in [4.69, 9.17) is 31.0 Å². The molecule has 2 aliphatic carbocycles. The number of aliphatic hydroxyl groups is 1. The lowest BCUT2D eigenvalue weighted by Gasteiger charge is -2.52. The molecule has 1 spiro atoms. The van der Waals surface area contributed by atoms with Gasteiger partial charge in [-0.25, -0.2) is 8.78 Å². The molecule has 4 saturated heterocycles. The Morgan fingerprint density at radius 2 is 1.64 bits per heavy atom. The monoisotopic (exact) mass is 1170 g/mol. The maximum absolute atomic E-state index is 17.3. The number of aromatic nitrogens is 3. The van der Waals surface area contributed by atoms with Crippen molar-refractivity contribution in [3.63, 3.8) is 0 Å². The summed E-state index contributed by atoms with van der Waals surface area (Å²) < 4.78 is 45.2. The second-order valence-corrected chi connectivity index (χ2v) is 26.4. The number of phenolic OH excluding ortho intramolecular Hbond substituents is 1. The van der Waals surface area contributed by atoms with Gasteiger partial charge in [-0.15, -0.1) is 0 Å². The summed E-state index contributed by atoms with van der Waals surface area (Å²) in [5, 5.41) is 33.4. The van der Waals surface area contributed by atoms with E-state index in [2.05, 4.69) is 30.7 Å². The fourth-order valence-corrected chi connectivity index (χ4v) is 14.2. The molecule has 4 aliphatic heterocycles. The van der Waals surface area contributed by atoms with E-state index < -0.39 is 47.1 Å².